The van der Waals surface area contributed by atoms with Crippen molar-refractivity contribution >= 4 is 24.2 Å². The molecule has 0 saturated carbocycles. The number of hydrogen-bond donors (Lipinski definition) is 1. The summed E-state index contributed by atoms with van der Waals surface area (Å²) >= 11 is 0. The summed E-state index contributed by atoms with van der Waals surface area (Å²) in [4.78, 5) is 29.5. The van der Waals surface area contributed by atoms with Crippen molar-refractivity contribution in [2.45, 2.75) is 58.4 Å². The van der Waals surface area contributed by atoms with Crippen LogP contribution in [0.25, 0.3) is 0 Å². The van der Waals surface area contributed by atoms with E-state index in [1.165, 1.54) is 24.0 Å². The average molecular weight is 500 g/mol. The average Bonchev–Trinajstić information content (AvgIpc) is 2.89. The molecule has 192 valence electrons. The first-order valence-corrected chi connectivity index (χ1v) is 13.0. The molecule has 5 nitrogen and oxygen atoms in total. The fourth-order valence-electron chi connectivity index (χ4n) is 4.78. The molecule has 0 radical (unpaired) electrons. The van der Waals surface area contributed by atoms with Crippen molar-refractivity contribution in [3.63, 3.8) is 0 Å². The van der Waals surface area contributed by atoms with Crippen molar-refractivity contribution in [1.29, 1.82) is 0 Å². The number of carbonyl (C=O) groups is 2. The molecule has 2 amide bonds. The number of unbranched alkanes of at least 4 members (excludes halogenated alkanes) is 1. The second-order valence-electron chi connectivity index (χ2n) is 9.36. The zero-order valence-corrected chi connectivity index (χ0v) is 22.1. The molecule has 1 N–H and O–H groups in total. The van der Waals surface area contributed by atoms with E-state index in [2.05, 4.69) is 72.6 Å². The molecule has 3 rings (SSSR count). The van der Waals surface area contributed by atoms with Crippen LogP contribution < -0.4 is 5.32 Å². The SMILES string of the molecule is CCCCC(CC)CNC(=O)CCC(=O)N1CCN(C(c2ccccc2)c2ccccc2)CC1.Cl. The van der Waals surface area contributed by atoms with Crippen LogP contribution in [0.4, 0.5) is 0 Å². The molecule has 1 unspecified atom stereocenters. The Kier molecular flexibility index (Phi) is 12.9. The minimum Gasteiger partial charge on any atom is -0.356 e. The molecule has 1 saturated heterocycles. The van der Waals surface area contributed by atoms with E-state index >= 15 is 0 Å². The van der Waals surface area contributed by atoms with Crippen molar-refractivity contribution in [1.82, 2.24) is 15.1 Å². The van der Waals surface area contributed by atoms with E-state index < -0.39 is 0 Å². The highest BCUT2D eigenvalue weighted by Crippen LogP contribution is 2.29. The van der Waals surface area contributed by atoms with E-state index in [0.29, 0.717) is 25.4 Å². The maximum Gasteiger partial charge on any atom is 0.223 e. The minimum absolute atomic E-state index is 0. The number of piperazine rings is 1. The van der Waals surface area contributed by atoms with Crippen LogP contribution in [0, 0.1) is 5.92 Å². The summed E-state index contributed by atoms with van der Waals surface area (Å²) in [6.45, 7) is 8.14. The largest absolute Gasteiger partial charge is 0.356 e. The molecule has 6 heteroatoms. The monoisotopic (exact) mass is 499 g/mol. The molecule has 2 aromatic rings. The zero-order valence-electron chi connectivity index (χ0n) is 21.3. The van der Waals surface area contributed by atoms with Gasteiger partial charge in [-0.25, -0.2) is 0 Å². The lowest BCUT2D eigenvalue weighted by atomic mass is 9.96. The molecule has 1 heterocycles. The van der Waals surface area contributed by atoms with E-state index in [9.17, 15) is 9.59 Å². The highest BCUT2D eigenvalue weighted by atomic mass is 35.5. The summed E-state index contributed by atoms with van der Waals surface area (Å²) in [5.41, 5.74) is 2.55. The smallest absolute Gasteiger partial charge is 0.223 e. The number of benzene rings is 2. The molecule has 0 bridgehead atoms. The number of amides is 2. The molecule has 35 heavy (non-hydrogen) atoms. The molecule has 1 atom stereocenters. The van der Waals surface area contributed by atoms with Gasteiger partial charge in [-0.05, 0) is 23.5 Å². The van der Waals surface area contributed by atoms with E-state index in [1.54, 1.807) is 0 Å². The highest BCUT2D eigenvalue weighted by Gasteiger charge is 2.28. The minimum atomic E-state index is -0.00449. The Morgan fingerprint density at radius 1 is 0.857 bits per heavy atom. The van der Waals surface area contributed by atoms with E-state index in [-0.39, 0.29) is 36.7 Å². The van der Waals surface area contributed by atoms with E-state index in [1.807, 2.05) is 17.0 Å². The van der Waals surface area contributed by atoms with Crippen LogP contribution in [-0.4, -0.2) is 54.3 Å². The summed E-state index contributed by atoms with van der Waals surface area (Å²) in [6, 6.07) is 21.3. The third-order valence-electron chi connectivity index (χ3n) is 6.96. The maximum absolute atomic E-state index is 12.8. The van der Waals surface area contributed by atoms with Gasteiger partial charge in [-0.2, -0.15) is 0 Å². The van der Waals surface area contributed by atoms with Gasteiger partial charge in [0.1, 0.15) is 0 Å². The lowest BCUT2D eigenvalue weighted by Crippen LogP contribution is -2.50. The first-order chi connectivity index (χ1) is 16.6. The number of halogens is 1. The van der Waals surface area contributed by atoms with Gasteiger partial charge in [0.15, 0.2) is 0 Å². The Labute approximate surface area is 217 Å². The van der Waals surface area contributed by atoms with Gasteiger partial charge in [0.05, 0.1) is 6.04 Å². The predicted molar refractivity (Wildman–Crippen MR) is 146 cm³/mol. The van der Waals surface area contributed by atoms with E-state index in [4.69, 9.17) is 0 Å². The topological polar surface area (TPSA) is 52.7 Å². The summed E-state index contributed by atoms with van der Waals surface area (Å²) in [5, 5.41) is 3.04. The fourth-order valence-corrected chi connectivity index (χ4v) is 4.78. The van der Waals surface area contributed by atoms with Crippen LogP contribution in [0.5, 0.6) is 0 Å². The van der Waals surface area contributed by atoms with Crippen LogP contribution in [0.1, 0.15) is 69.5 Å². The number of nitrogens with one attached hydrogen (secondary N) is 1. The van der Waals surface area contributed by atoms with E-state index in [0.717, 1.165) is 32.5 Å². The van der Waals surface area contributed by atoms with Gasteiger partial charge in [-0.1, -0.05) is 93.8 Å². The molecule has 0 aliphatic carbocycles. The molecule has 0 aromatic heterocycles. The number of nitrogens with zero attached hydrogens (tertiary/aromatic N) is 2. The fraction of sp³-hybridized carbons (Fsp3) is 0.517. The van der Waals surface area contributed by atoms with Gasteiger partial charge in [-0.15, -0.1) is 12.4 Å². The third-order valence-corrected chi connectivity index (χ3v) is 6.96. The van der Waals surface area contributed by atoms with Crippen molar-refractivity contribution in [2.75, 3.05) is 32.7 Å². The Balaban J connectivity index is 0.00000432. The second kappa shape index (κ2) is 15.6. The first-order valence-electron chi connectivity index (χ1n) is 13.0. The maximum atomic E-state index is 12.8. The molecular formula is C29H42ClN3O2. The molecule has 1 aliphatic heterocycles. The van der Waals surface area contributed by atoms with Crippen LogP contribution in [0.2, 0.25) is 0 Å². The summed E-state index contributed by atoms with van der Waals surface area (Å²) in [6.07, 6.45) is 5.19. The summed E-state index contributed by atoms with van der Waals surface area (Å²) < 4.78 is 0. The van der Waals surface area contributed by atoms with Crippen LogP contribution >= 0.6 is 12.4 Å². The second-order valence-corrected chi connectivity index (χ2v) is 9.36. The summed E-state index contributed by atoms with van der Waals surface area (Å²) in [7, 11) is 0. The van der Waals surface area contributed by atoms with Crippen molar-refractivity contribution in [3.05, 3.63) is 71.8 Å². The molecular weight excluding hydrogens is 458 g/mol. The molecule has 1 fully saturated rings. The van der Waals surface area contributed by atoms with Crippen molar-refractivity contribution in [3.8, 4) is 0 Å². The van der Waals surface area contributed by atoms with Gasteiger partial charge < -0.3 is 10.2 Å². The Bertz CT molecular complexity index is 831. The normalized spacial score (nSPS) is 14.9. The van der Waals surface area contributed by atoms with Gasteiger partial charge in [-0.3, -0.25) is 14.5 Å². The van der Waals surface area contributed by atoms with Gasteiger partial charge in [0, 0.05) is 45.6 Å². The Hall–Kier alpha value is -2.37. The van der Waals surface area contributed by atoms with Crippen molar-refractivity contribution in [2.24, 2.45) is 5.92 Å². The van der Waals surface area contributed by atoms with Gasteiger partial charge >= 0.3 is 0 Å². The van der Waals surface area contributed by atoms with Gasteiger partial charge in [0.2, 0.25) is 11.8 Å². The zero-order chi connectivity index (χ0) is 24.2. The first kappa shape index (κ1) is 28.9. The number of hydrogen-bond acceptors (Lipinski definition) is 3. The van der Waals surface area contributed by atoms with Crippen LogP contribution in [0.15, 0.2) is 60.7 Å². The Morgan fingerprint density at radius 2 is 1.43 bits per heavy atom. The van der Waals surface area contributed by atoms with Crippen molar-refractivity contribution < 1.29 is 9.59 Å². The molecule has 0 spiro atoms. The molecule has 2 aromatic carbocycles. The predicted octanol–water partition coefficient (Wildman–Crippen LogP) is 5.45. The molecule has 1 aliphatic rings. The summed E-state index contributed by atoms with van der Waals surface area (Å²) in [5.74, 6) is 0.619. The highest BCUT2D eigenvalue weighted by molar-refractivity contribution is 5.85. The van der Waals surface area contributed by atoms with Gasteiger partial charge in [0.25, 0.3) is 0 Å². The lowest BCUT2D eigenvalue weighted by Gasteiger charge is -2.39. The number of rotatable bonds is 12. The Morgan fingerprint density at radius 3 is 1.94 bits per heavy atom. The quantitative estimate of drug-likeness (QED) is 0.422. The third kappa shape index (κ3) is 8.97. The standard InChI is InChI=1S/C29H41N3O2.ClH/c1-3-5-12-24(4-2)23-30-27(33)17-18-28(34)31-19-21-32(22-20-31)29(25-13-8-6-9-14-25)26-15-10-7-11-16-26;/h6-11,13-16,24,29H,3-5,12,17-23H2,1-2H3,(H,30,33);1H. The van der Waals surface area contributed by atoms with Crippen LogP contribution in [-0.2, 0) is 9.59 Å². The lowest BCUT2D eigenvalue weighted by molar-refractivity contribution is -0.135. The number of carbonyl (C=O) groups excluding carboxylic acids is 2. The van der Waals surface area contributed by atoms with Crippen LogP contribution in [0.3, 0.4) is 0 Å².